The van der Waals surface area contributed by atoms with Gasteiger partial charge in [0.05, 0.1) is 34.9 Å². The van der Waals surface area contributed by atoms with Crippen molar-refractivity contribution in [2.45, 2.75) is 24.8 Å². The van der Waals surface area contributed by atoms with E-state index in [0.29, 0.717) is 26.3 Å². The SMILES string of the molecule is COc1cc(N2CCC(N(C)C)CC2)ccc1Nc1ncc(Br)c(Nc2cccc3c2N(S(C)(=O)=O)CC3(F)F)n1. The number of benzene rings is 2. The van der Waals surface area contributed by atoms with E-state index in [1.165, 1.54) is 24.4 Å². The molecule has 0 radical (unpaired) electrons. The van der Waals surface area contributed by atoms with Gasteiger partial charge in [-0.1, -0.05) is 12.1 Å². The van der Waals surface area contributed by atoms with Gasteiger partial charge in [0, 0.05) is 42.6 Å². The molecule has 2 aliphatic heterocycles. The number of nitrogens with one attached hydrogen (secondary N) is 2. The highest BCUT2D eigenvalue weighted by Gasteiger charge is 2.48. The molecule has 2 N–H and O–H groups in total. The highest BCUT2D eigenvalue weighted by molar-refractivity contribution is 9.10. The third-order valence-corrected chi connectivity index (χ3v) is 9.10. The molecule has 3 heterocycles. The fourth-order valence-corrected chi connectivity index (χ4v) is 6.43. The summed E-state index contributed by atoms with van der Waals surface area (Å²) in [6.07, 6.45) is 4.59. The molecular weight excluding hydrogens is 620 g/mol. The number of anilines is 6. The number of halogens is 3. The first-order valence-electron chi connectivity index (χ1n) is 13.0. The van der Waals surface area contributed by atoms with Gasteiger partial charge in [-0.05, 0) is 61.1 Å². The molecule has 0 unspecified atom stereocenters. The number of hydrogen-bond donors (Lipinski definition) is 2. The molecule has 0 aliphatic carbocycles. The predicted molar refractivity (Wildman–Crippen MR) is 161 cm³/mol. The zero-order valence-electron chi connectivity index (χ0n) is 23.2. The molecule has 220 valence electrons. The molecule has 2 aliphatic rings. The Hall–Kier alpha value is -3.23. The van der Waals surface area contributed by atoms with Gasteiger partial charge in [0.2, 0.25) is 16.0 Å². The smallest absolute Gasteiger partial charge is 0.293 e. The Balaban J connectivity index is 1.39. The first-order valence-corrected chi connectivity index (χ1v) is 15.7. The molecule has 0 bridgehead atoms. The monoisotopic (exact) mass is 651 g/mol. The van der Waals surface area contributed by atoms with E-state index in [9.17, 15) is 17.2 Å². The molecule has 3 aromatic rings. The standard InChI is InChI=1S/C27H32BrF2N7O3S/c1-35(2)17-10-12-36(13-11-17)18-8-9-21(23(14-18)40-3)33-26-31-15-20(28)25(34-26)32-22-7-5-6-19-24(22)37(41(4,38)39)16-27(19,29)30/h5-9,14-15,17H,10-13,16H2,1-4H3,(H2,31,32,33,34). The van der Waals surface area contributed by atoms with Crippen LogP contribution in [0, 0.1) is 0 Å². The van der Waals surface area contributed by atoms with Crippen molar-refractivity contribution in [1.82, 2.24) is 14.9 Å². The molecule has 1 fully saturated rings. The van der Waals surface area contributed by atoms with Gasteiger partial charge in [0.25, 0.3) is 5.92 Å². The quantitative estimate of drug-likeness (QED) is 0.343. The Labute approximate surface area is 246 Å². The minimum Gasteiger partial charge on any atom is -0.494 e. The van der Waals surface area contributed by atoms with Crippen LogP contribution in [0.25, 0.3) is 0 Å². The summed E-state index contributed by atoms with van der Waals surface area (Å²) in [5, 5.41) is 6.18. The van der Waals surface area contributed by atoms with Gasteiger partial charge >= 0.3 is 0 Å². The summed E-state index contributed by atoms with van der Waals surface area (Å²) in [4.78, 5) is 13.5. The molecule has 5 rings (SSSR count). The normalized spacial score (nSPS) is 17.1. The van der Waals surface area contributed by atoms with Crippen LogP contribution in [0.1, 0.15) is 18.4 Å². The third kappa shape index (κ3) is 6.04. The summed E-state index contributed by atoms with van der Waals surface area (Å²) < 4.78 is 60.9. The Morgan fingerprint density at radius 3 is 2.51 bits per heavy atom. The van der Waals surface area contributed by atoms with Crippen LogP contribution in [-0.2, 0) is 15.9 Å². The van der Waals surface area contributed by atoms with Gasteiger partial charge in [-0.2, -0.15) is 13.8 Å². The molecule has 10 nitrogen and oxygen atoms in total. The van der Waals surface area contributed by atoms with Gasteiger partial charge < -0.3 is 25.2 Å². The highest BCUT2D eigenvalue weighted by Crippen LogP contribution is 2.48. The summed E-state index contributed by atoms with van der Waals surface area (Å²) >= 11 is 3.40. The van der Waals surface area contributed by atoms with Crippen LogP contribution in [0.4, 0.5) is 43.3 Å². The molecular formula is C27H32BrF2N7O3S. The number of sulfonamides is 1. The van der Waals surface area contributed by atoms with Crippen molar-refractivity contribution >= 4 is 60.5 Å². The first-order chi connectivity index (χ1) is 19.4. The summed E-state index contributed by atoms with van der Waals surface area (Å²) in [5.74, 6) is -2.22. The fourth-order valence-electron chi connectivity index (χ4n) is 5.22. The van der Waals surface area contributed by atoms with E-state index in [4.69, 9.17) is 4.74 Å². The summed E-state index contributed by atoms with van der Waals surface area (Å²) in [7, 11) is 1.87. The minimum atomic E-state index is -3.95. The molecule has 0 amide bonds. The average Bonchev–Trinajstić information content (AvgIpc) is 3.23. The van der Waals surface area contributed by atoms with Gasteiger partial charge in [-0.25, -0.2) is 13.4 Å². The zero-order chi connectivity index (χ0) is 29.5. The van der Waals surface area contributed by atoms with E-state index in [1.54, 1.807) is 7.11 Å². The van der Waals surface area contributed by atoms with Crippen molar-refractivity contribution in [2.75, 3.05) is 66.9 Å². The Bertz CT molecular complexity index is 1550. The molecule has 41 heavy (non-hydrogen) atoms. The number of alkyl halides is 2. The lowest BCUT2D eigenvalue weighted by Crippen LogP contribution is -2.41. The maximum atomic E-state index is 14.7. The van der Waals surface area contributed by atoms with Crippen LogP contribution in [0.2, 0.25) is 0 Å². The largest absolute Gasteiger partial charge is 0.494 e. The summed E-state index contributed by atoms with van der Waals surface area (Å²) in [6.45, 7) is 0.950. The van der Waals surface area contributed by atoms with Gasteiger partial charge in [0.15, 0.2) is 0 Å². The molecule has 0 saturated carbocycles. The Morgan fingerprint density at radius 1 is 1.12 bits per heavy atom. The fraction of sp³-hybridized carbons (Fsp3) is 0.407. The summed E-state index contributed by atoms with van der Waals surface area (Å²) in [5.41, 5.74) is 1.42. The van der Waals surface area contributed by atoms with E-state index in [2.05, 4.69) is 60.4 Å². The number of piperidine rings is 1. The Kier molecular flexibility index (Phi) is 8.01. The lowest BCUT2D eigenvalue weighted by atomic mass is 10.0. The van der Waals surface area contributed by atoms with Gasteiger partial charge in [0.1, 0.15) is 18.1 Å². The zero-order valence-corrected chi connectivity index (χ0v) is 25.6. The summed E-state index contributed by atoms with van der Waals surface area (Å²) in [6, 6.07) is 10.7. The van der Waals surface area contributed by atoms with E-state index in [0.717, 1.165) is 37.9 Å². The minimum absolute atomic E-state index is 0.105. The molecule has 1 saturated heterocycles. The van der Waals surface area contributed by atoms with Crippen LogP contribution >= 0.6 is 15.9 Å². The van der Waals surface area contributed by atoms with E-state index in [-0.39, 0.29) is 28.7 Å². The number of rotatable bonds is 8. The topological polar surface area (TPSA) is 103 Å². The lowest BCUT2D eigenvalue weighted by molar-refractivity contribution is 0.0162. The first kappa shape index (κ1) is 29.3. The van der Waals surface area contributed by atoms with Gasteiger partial charge in [-0.3, -0.25) is 4.31 Å². The van der Waals surface area contributed by atoms with Crippen LogP contribution in [0.15, 0.2) is 47.1 Å². The average molecular weight is 653 g/mol. The second-order valence-electron chi connectivity index (χ2n) is 10.4. The van der Waals surface area contributed by atoms with E-state index >= 15 is 0 Å². The second kappa shape index (κ2) is 11.2. The van der Waals surface area contributed by atoms with Crippen molar-refractivity contribution in [3.63, 3.8) is 0 Å². The molecule has 0 atom stereocenters. The number of ether oxygens (including phenoxy) is 1. The van der Waals surface area contributed by atoms with Crippen molar-refractivity contribution in [3.05, 3.63) is 52.6 Å². The molecule has 0 spiro atoms. The predicted octanol–water partition coefficient (Wildman–Crippen LogP) is 5.14. The number of fused-ring (bicyclic) bond motifs is 1. The number of nitrogens with zero attached hydrogens (tertiary/aromatic N) is 5. The highest BCUT2D eigenvalue weighted by atomic mass is 79.9. The van der Waals surface area contributed by atoms with Crippen LogP contribution < -0.4 is 24.6 Å². The van der Waals surface area contributed by atoms with Crippen molar-refractivity contribution in [1.29, 1.82) is 0 Å². The molecule has 1 aromatic heterocycles. The van der Waals surface area contributed by atoms with Crippen LogP contribution in [0.5, 0.6) is 5.75 Å². The number of para-hydroxylation sites is 1. The van der Waals surface area contributed by atoms with Crippen LogP contribution in [0.3, 0.4) is 0 Å². The van der Waals surface area contributed by atoms with Crippen molar-refractivity contribution in [2.24, 2.45) is 0 Å². The number of hydrogen-bond acceptors (Lipinski definition) is 9. The maximum absolute atomic E-state index is 14.7. The van der Waals surface area contributed by atoms with E-state index < -0.39 is 22.5 Å². The third-order valence-electron chi connectivity index (χ3n) is 7.41. The second-order valence-corrected chi connectivity index (χ2v) is 13.1. The Morgan fingerprint density at radius 2 is 1.85 bits per heavy atom. The lowest BCUT2D eigenvalue weighted by Gasteiger charge is -2.36. The van der Waals surface area contributed by atoms with Crippen molar-refractivity contribution in [3.8, 4) is 5.75 Å². The molecule has 14 heteroatoms. The number of aromatic nitrogens is 2. The maximum Gasteiger partial charge on any atom is 0.293 e. The van der Waals surface area contributed by atoms with Gasteiger partial charge in [-0.15, -0.1) is 0 Å². The van der Waals surface area contributed by atoms with Crippen LogP contribution in [-0.4, -0.2) is 76.4 Å². The van der Waals surface area contributed by atoms with Crippen molar-refractivity contribution < 1.29 is 21.9 Å². The number of methoxy groups -OCH3 is 1. The molecule has 2 aromatic carbocycles. The van der Waals surface area contributed by atoms with E-state index in [1.807, 2.05) is 18.2 Å².